The van der Waals surface area contributed by atoms with Gasteiger partial charge in [0.05, 0.1) is 0 Å². The van der Waals surface area contributed by atoms with E-state index in [-0.39, 0.29) is 6.03 Å². The summed E-state index contributed by atoms with van der Waals surface area (Å²) in [7, 11) is 0. The van der Waals surface area contributed by atoms with Crippen molar-refractivity contribution in [2.24, 2.45) is 0 Å². The van der Waals surface area contributed by atoms with E-state index < -0.39 is 0 Å². The Morgan fingerprint density at radius 2 is 1.87 bits per heavy atom. The van der Waals surface area contributed by atoms with E-state index in [0.29, 0.717) is 16.6 Å². The lowest BCUT2D eigenvalue weighted by atomic mass is 10.2. The Labute approximate surface area is 98.0 Å². The summed E-state index contributed by atoms with van der Waals surface area (Å²) in [4.78, 5) is 13.2. The van der Waals surface area contributed by atoms with Crippen LogP contribution in [0.5, 0.6) is 0 Å². The third-order valence-corrected chi connectivity index (χ3v) is 2.68. The Hall–Kier alpha value is -0.930. The predicted octanol–water partition coefficient (Wildman–Crippen LogP) is 2.91. The summed E-state index contributed by atoms with van der Waals surface area (Å²) in [6, 6.07) is 5.02. The number of nitrogens with one attached hydrogen (secondary N) is 1. The van der Waals surface area contributed by atoms with Gasteiger partial charge in [-0.25, -0.2) is 4.79 Å². The number of rotatable bonds is 1. The molecule has 1 aliphatic heterocycles. The van der Waals surface area contributed by atoms with E-state index in [0.717, 1.165) is 18.7 Å². The third-order valence-electron chi connectivity index (χ3n) is 2.24. The number of amides is 2. The molecule has 5 heteroatoms. The molecule has 2 rings (SSSR count). The number of urea groups is 1. The van der Waals surface area contributed by atoms with Crippen LogP contribution < -0.4 is 10.2 Å². The first-order valence-corrected chi connectivity index (χ1v) is 5.44. The van der Waals surface area contributed by atoms with Crippen LogP contribution in [-0.4, -0.2) is 19.1 Å². The molecule has 0 aromatic heterocycles. The number of benzene rings is 1. The van der Waals surface area contributed by atoms with E-state index in [1.807, 2.05) is 0 Å². The maximum absolute atomic E-state index is 11.5. The van der Waals surface area contributed by atoms with Gasteiger partial charge in [-0.2, -0.15) is 0 Å². The van der Waals surface area contributed by atoms with Gasteiger partial charge in [-0.15, -0.1) is 0 Å². The van der Waals surface area contributed by atoms with Gasteiger partial charge in [-0.1, -0.05) is 23.2 Å². The van der Waals surface area contributed by atoms with E-state index in [1.165, 1.54) is 0 Å². The molecule has 0 aliphatic carbocycles. The van der Waals surface area contributed by atoms with Gasteiger partial charge in [0.2, 0.25) is 0 Å². The topological polar surface area (TPSA) is 32.3 Å². The lowest BCUT2D eigenvalue weighted by Gasteiger charge is -2.27. The largest absolute Gasteiger partial charge is 0.338 e. The van der Waals surface area contributed by atoms with Crippen LogP contribution in [0.1, 0.15) is 6.42 Å². The standard InChI is InChI=1S/C10H10Cl2N2O/c11-7-4-8(12)6-9(5-7)14-3-1-2-13-10(14)15/h4-6H,1-3H2,(H,13,15). The number of hydrogen-bond donors (Lipinski definition) is 1. The molecule has 1 heterocycles. The van der Waals surface area contributed by atoms with Crippen molar-refractivity contribution in [3.8, 4) is 0 Å². The zero-order valence-electron chi connectivity index (χ0n) is 7.96. The van der Waals surface area contributed by atoms with Crippen molar-refractivity contribution in [2.75, 3.05) is 18.0 Å². The zero-order chi connectivity index (χ0) is 10.8. The fourth-order valence-electron chi connectivity index (χ4n) is 1.57. The number of anilines is 1. The highest BCUT2D eigenvalue weighted by Gasteiger charge is 2.19. The van der Waals surface area contributed by atoms with E-state index in [1.54, 1.807) is 23.1 Å². The van der Waals surface area contributed by atoms with Gasteiger partial charge in [0.1, 0.15) is 0 Å². The average molecular weight is 245 g/mol. The van der Waals surface area contributed by atoms with E-state index in [2.05, 4.69) is 5.32 Å². The zero-order valence-corrected chi connectivity index (χ0v) is 9.48. The van der Waals surface area contributed by atoms with Crippen LogP contribution >= 0.6 is 23.2 Å². The first-order chi connectivity index (χ1) is 7.16. The molecule has 1 aromatic rings. The van der Waals surface area contributed by atoms with E-state index in [9.17, 15) is 4.79 Å². The van der Waals surface area contributed by atoms with Gasteiger partial charge in [0.25, 0.3) is 0 Å². The van der Waals surface area contributed by atoms with Crippen molar-refractivity contribution in [2.45, 2.75) is 6.42 Å². The molecule has 0 spiro atoms. The fourth-order valence-corrected chi connectivity index (χ4v) is 2.09. The van der Waals surface area contributed by atoms with Gasteiger partial charge in [0.15, 0.2) is 0 Å². The van der Waals surface area contributed by atoms with Crippen molar-refractivity contribution in [1.82, 2.24) is 5.32 Å². The SMILES string of the molecule is O=C1NCCCN1c1cc(Cl)cc(Cl)c1. The Morgan fingerprint density at radius 1 is 1.20 bits per heavy atom. The highest BCUT2D eigenvalue weighted by molar-refractivity contribution is 6.35. The fraction of sp³-hybridized carbons (Fsp3) is 0.300. The van der Waals surface area contributed by atoms with Gasteiger partial charge in [0, 0.05) is 28.8 Å². The molecule has 0 saturated carbocycles. The molecule has 0 unspecified atom stereocenters. The number of nitrogens with zero attached hydrogens (tertiary/aromatic N) is 1. The molecule has 3 nitrogen and oxygen atoms in total. The summed E-state index contributed by atoms with van der Waals surface area (Å²) in [5.41, 5.74) is 0.740. The minimum atomic E-state index is -0.0976. The minimum Gasteiger partial charge on any atom is -0.338 e. The van der Waals surface area contributed by atoms with Gasteiger partial charge in [-0.05, 0) is 24.6 Å². The number of carbonyl (C=O) groups excluding carboxylic acids is 1. The monoisotopic (exact) mass is 244 g/mol. The molecule has 1 saturated heterocycles. The van der Waals surface area contributed by atoms with Crippen molar-refractivity contribution < 1.29 is 4.79 Å². The normalized spacial score (nSPS) is 16.4. The number of halogens is 2. The Morgan fingerprint density at radius 3 is 2.47 bits per heavy atom. The van der Waals surface area contributed by atoms with Crippen molar-refractivity contribution in [3.63, 3.8) is 0 Å². The quantitative estimate of drug-likeness (QED) is 0.810. The molecular formula is C10H10Cl2N2O. The first kappa shape index (κ1) is 10.6. The van der Waals surface area contributed by atoms with E-state index in [4.69, 9.17) is 23.2 Å². The average Bonchev–Trinajstić information content (AvgIpc) is 2.16. The molecule has 0 radical (unpaired) electrons. The maximum atomic E-state index is 11.5. The van der Waals surface area contributed by atoms with Gasteiger partial charge in [-0.3, -0.25) is 4.90 Å². The molecule has 0 bridgehead atoms. The van der Waals surface area contributed by atoms with Crippen LogP contribution in [0, 0.1) is 0 Å². The summed E-state index contributed by atoms with van der Waals surface area (Å²) >= 11 is 11.7. The van der Waals surface area contributed by atoms with Crippen LogP contribution in [0.15, 0.2) is 18.2 Å². The molecule has 15 heavy (non-hydrogen) atoms. The lowest BCUT2D eigenvalue weighted by molar-refractivity contribution is 0.243. The highest BCUT2D eigenvalue weighted by Crippen LogP contribution is 2.26. The summed E-state index contributed by atoms with van der Waals surface area (Å²) in [6.07, 6.45) is 0.926. The number of carbonyl (C=O) groups is 1. The minimum absolute atomic E-state index is 0.0976. The Kier molecular flexibility index (Phi) is 3.03. The van der Waals surface area contributed by atoms with Crippen molar-refractivity contribution in [3.05, 3.63) is 28.2 Å². The highest BCUT2D eigenvalue weighted by atomic mass is 35.5. The van der Waals surface area contributed by atoms with Gasteiger partial charge < -0.3 is 5.32 Å². The molecule has 1 aliphatic rings. The second-order valence-corrected chi connectivity index (χ2v) is 4.24. The predicted molar refractivity (Wildman–Crippen MR) is 61.8 cm³/mol. The molecule has 1 N–H and O–H groups in total. The van der Waals surface area contributed by atoms with Crippen LogP contribution in [0.25, 0.3) is 0 Å². The summed E-state index contributed by atoms with van der Waals surface area (Å²) in [6.45, 7) is 1.42. The van der Waals surface area contributed by atoms with Crippen LogP contribution in [0.4, 0.5) is 10.5 Å². The third kappa shape index (κ3) is 2.36. The molecule has 0 atom stereocenters. The molecule has 80 valence electrons. The summed E-state index contributed by atoms with van der Waals surface area (Å²) < 4.78 is 0. The molecule has 1 aromatic carbocycles. The molecule has 1 fully saturated rings. The van der Waals surface area contributed by atoms with Gasteiger partial charge >= 0.3 is 6.03 Å². The smallest absolute Gasteiger partial charge is 0.321 e. The van der Waals surface area contributed by atoms with Crippen LogP contribution in [0.2, 0.25) is 10.0 Å². The first-order valence-electron chi connectivity index (χ1n) is 4.68. The second kappa shape index (κ2) is 4.29. The van der Waals surface area contributed by atoms with Crippen molar-refractivity contribution in [1.29, 1.82) is 0 Å². The Balaban J connectivity index is 2.31. The number of hydrogen-bond acceptors (Lipinski definition) is 1. The van der Waals surface area contributed by atoms with E-state index >= 15 is 0 Å². The van der Waals surface area contributed by atoms with Crippen LogP contribution in [0.3, 0.4) is 0 Å². The molecular weight excluding hydrogens is 235 g/mol. The maximum Gasteiger partial charge on any atom is 0.321 e. The summed E-state index contributed by atoms with van der Waals surface area (Å²) in [5, 5.41) is 3.85. The Bertz CT molecular complexity index is 375. The second-order valence-electron chi connectivity index (χ2n) is 3.36. The molecule has 2 amide bonds. The lowest BCUT2D eigenvalue weighted by Crippen LogP contribution is -2.46. The summed E-state index contributed by atoms with van der Waals surface area (Å²) in [5.74, 6) is 0. The van der Waals surface area contributed by atoms with Crippen LogP contribution in [-0.2, 0) is 0 Å². The van der Waals surface area contributed by atoms with Crippen molar-refractivity contribution >= 4 is 34.9 Å².